The van der Waals surface area contributed by atoms with Crippen molar-refractivity contribution in [1.82, 2.24) is 9.55 Å². The molecule has 0 N–H and O–H groups in total. The predicted octanol–water partition coefficient (Wildman–Crippen LogP) is 3.32. The molecule has 0 aliphatic carbocycles. The molecule has 0 fully saturated rings. The monoisotopic (exact) mass is 364 g/mol. The van der Waals surface area contributed by atoms with Crippen molar-refractivity contribution in [1.29, 1.82) is 0 Å². The number of benzene rings is 1. The molecule has 6 nitrogen and oxygen atoms in total. The standard InChI is InChI=1S/C17H14ClFN2O4/c1-3-24-17(23)13-9(2)25-15-14(13)16(22)21(8-20-15)7-10-11(18)5-4-6-12(10)19/h4-6,8H,3,7H2,1-2H3. The van der Waals surface area contributed by atoms with Crippen LogP contribution in [-0.4, -0.2) is 22.1 Å². The van der Waals surface area contributed by atoms with Gasteiger partial charge in [-0.2, -0.15) is 0 Å². The summed E-state index contributed by atoms with van der Waals surface area (Å²) < 4.78 is 25.5. The number of carbonyl (C=O) groups is 1. The molecule has 0 saturated heterocycles. The Bertz CT molecular complexity index is 1010. The fourth-order valence-electron chi connectivity index (χ4n) is 2.55. The van der Waals surface area contributed by atoms with E-state index in [9.17, 15) is 14.0 Å². The smallest absolute Gasteiger partial charge is 0.342 e. The van der Waals surface area contributed by atoms with Crippen LogP contribution in [0.3, 0.4) is 0 Å². The number of fused-ring (bicyclic) bond motifs is 1. The highest BCUT2D eigenvalue weighted by Gasteiger charge is 2.24. The predicted molar refractivity (Wildman–Crippen MR) is 89.5 cm³/mol. The highest BCUT2D eigenvalue weighted by molar-refractivity contribution is 6.31. The first-order valence-electron chi connectivity index (χ1n) is 7.52. The number of esters is 1. The van der Waals surface area contributed by atoms with E-state index in [2.05, 4.69) is 4.98 Å². The molecule has 0 atom stereocenters. The van der Waals surface area contributed by atoms with E-state index in [1.54, 1.807) is 13.8 Å². The molecule has 2 aromatic heterocycles. The van der Waals surface area contributed by atoms with Crippen LogP contribution >= 0.6 is 11.6 Å². The van der Waals surface area contributed by atoms with Gasteiger partial charge < -0.3 is 9.15 Å². The molecule has 0 aliphatic rings. The largest absolute Gasteiger partial charge is 0.462 e. The second-order valence-electron chi connectivity index (χ2n) is 5.31. The summed E-state index contributed by atoms with van der Waals surface area (Å²) in [5.41, 5.74) is -0.320. The van der Waals surface area contributed by atoms with Crippen LogP contribution in [0.15, 0.2) is 33.7 Å². The number of furan rings is 1. The molecule has 0 amide bonds. The van der Waals surface area contributed by atoms with Crippen molar-refractivity contribution in [2.75, 3.05) is 6.61 Å². The van der Waals surface area contributed by atoms with Gasteiger partial charge in [0, 0.05) is 10.6 Å². The van der Waals surface area contributed by atoms with Crippen molar-refractivity contribution < 1.29 is 18.3 Å². The lowest BCUT2D eigenvalue weighted by Gasteiger charge is -2.08. The molecule has 0 saturated carbocycles. The first-order valence-corrected chi connectivity index (χ1v) is 7.90. The number of halogens is 2. The fourth-order valence-corrected chi connectivity index (χ4v) is 2.78. The molecule has 0 unspecified atom stereocenters. The number of aryl methyl sites for hydroxylation is 1. The van der Waals surface area contributed by atoms with Crippen LogP contribution in [0.4, 0.5) is 4.39 Å². The zero-order valence-corrected chi connectivity index (χ0v) is 14.3. The Hall–Kier alpha value is -2.67. The van der Waals surface area contributed by atoms with Gasteiger partial charge in [-0.05, 0) is 26.0 Å². The van der Waals surface area contributed by atoms with E-state index in [-0.39, 0.29) is 46.2 Å². The van der Waals surface area contributed by atoms with E-state index in [0.29, 0.717) is 0 Å². The molecule has 25 heavy (non-hydrogen) atoms. The summed E-state index contributed by atoms with van der Waals surface area (Å²) in [4.78, 5) is 29.0. The van der Waals surface area contributed by atoms with E-state index in [1.807, 2.05) is 0 Å². The third-order valence-electron chi connectivity index (χ3n) is 3.72. The Morgan fingerprint density at radius 2 is 2.20 bits per heavy atom. The van der Waals surface area contributed by atoms with Crippen LogP contribution in [0.1, 0.15) is 28.6 Å². The first-order chi connectivity index (χ1) is 11.9. The molecule has 130 valence electrons. The van der Waals surface area contributed by atoms with Crippen molar-refractivity contribution in [2.45, 2.75) is 20.4 Å². The molecule has 1 aromatic carbocycles. The van der Waals surface area contributed by atoms with E-state index >= 15 is 0 Å². The topological polar surface area (TPSA) is 74.3 Å². The van der Waals surface area contributed by atoms with Crippen molar-refractivity contribution in [3.8, 4) is 0 Å². The van der Waals surface area contributed by atoms with Crippen LogP contribution in [0.5, 0.6) is 0 Å². The fraction of sp³-hybridized carbons (Fsp3) is 0.235. The van der Waals surface area contributed by atoms with Gasteiger partial charge in [0.25, 0.3) is 5.56 Å². The molecule has 2 heterocycles. The third-order valence-corrected chi connectivity index (χ3v) is 4.08. The number of nitrogens with zero attached hydrogens (tertiary/aromatic N) is 2. The first kappa shape index (κ1) is 17.2. The molecule has 3 aromatic rings. The lowest BCUT2D eigenvalue weighted by Crippen LogP contribution is -2.23. The lowest BCUT2D eigenvalue weighted by molar-refractivity contribution is 0.0526. The van der Waals surface area contributed by atoms with Gasteiger partial charge in [0.2, 0.25) is 5.71 Å². The molecule has 0 bridgehead atoms. The van der Waals surface area contributed by atoms with Crippen LogP contribution in [0.25, 0.3) is 11.1 Å². The molecule has 3 rings (SSSR count). The summed E-state index contributed by atoms with van der Waals surface area (Å²) >= 11 is 6.01. The zero-order chi connectivity index (χ0) is 18.1. The minimum atomic E-state index is -0.667. The maximum atomic E-state index is 14.0. The number of hydrogen-bond donors (Lipinski definition) is 0. The second-order valence-corrected chi connectivity index (χ2v) is 5.72. The van der Waals surface area contributed by atoms with E-state index in [1.165, 1.54) is 29.1 Å². The number of aromatic nitrogens is 2. The molecule has 8 heteroatoms. The average Bonchev–Trinajstić information content (AvgIpc) is 2.90. The van der Waals surface area contributed by atoms with Gasteiger partial charge in [0.1, 0.15) is 28.9 Å². The Morgan fingerprint density at radius 1 is 1.44 bits per heavy atom. The maximum absolute atomic E-state index is 14.0. The van der Waals surface area contributed by atoms with Crippen LogP contribution in [-0.2, 0) is 11.3 Å². The van der Waals surface area contributed by atoms with E-state index in [0.717, 1.165) is 0 Å². The highest BCUT2D eigenvalue weighted by atomic mass is 35.5. The number of hydrogen-bond acceptors (Lipinski definition) is 5. The number of rotatable bonds is 4. The van der Waals surface area contributed by atoms with E-state index < -0.39 is 17.3 Å². The Kier molecular flexibility index (Phi) is 4.59. The summed E-state index contributed by atoms with van der Waals surface area (Å²) in [5, 5.41) is 0.201. The van der Waals surface area contributed by atoms with Gasteiger partial charge >= 0.3 is 5.97 Å². The summed E-state index contributed by atoms with van der Waals surface area (Å²) in [6, 6.07) is 4.26. The van der Waals surface area contributed by atoms with Gasteiger partial charge in [-0.25, -0.2) is 14.2 Å². The minimum absolute atomic E-state index is 0.00547. The summed E-state index contributed by atoms with van der Waals surface area (Å²) in [6.45, 7) is 3.24. The van der Waals surface area contributed by atoms with Crippen LogP contribution < -0.4 is 5.56 Å². The minimum Gasteiger partial charge on any atom is -0.462 e. The van der Waals surface area contributed by atoms with Crippen LogP contribution in [0.2, 0.25) is 5.02 Å². The zero-order valence-electron chi connectivity index (χ0n) is 13.5. The summed E-state index contributed by atoms with van der Waals surface area (Å²) in [5.74, 6) is -0.965. The number of carbonyl (C=O) groups excluding carboxylic acids is 1. The Labute approximate surface area is 146 Å². The highest BCUT2D eigenvalue weighted by Crippen LogP contribution is 2.23. The molecular weight excluding hydrogens is 351 g/mol. The third kappa shape index (κ3) is 3.02. The number of ether oxygens (including phenoxy) is 1. The van der Waals surface area contributed by atoms with Gasteiger partial charge in [-0.1, -0.05) is 17.7 Å². The Morgan fingerprint density at radius 3 is 2.88 bits per heavy atom. The molecule has 0 spiro atoms. The van der Waals surface area contributed by atoms with Gasteiger partial charge in [-0.15, -0.1) is 0 Å². The molecule has 0 aliphatic heterocycles. The Balaban J connectivity index is 2.16. The van der Waals surface area contributed by atoms with Crippen molar-refractivity contribution in [3.63, 3.8) is 0 Å². The van der Waals surface area contributed by atoms with Crippen molar-refractivity contribution >= 4 is 28.7 Å². The quantitative estimate of drug-likeness (QED) is 0.664. The molecule has 0 radical (unpaired) electrons. The normalized spacial score (nSPS) is 11.0. The summed E-state index contributed by atoms with van der Waals surface area (Å²) in [7, 11) is 0. The van der Waals surface area contributed by atoms with Crippen molar-refractivity contribution in [2.24, 2.45) is 0 Å². The van der Waals surface area contributed by atoms with Crippen LogP contribution in [0, 0.1) is 12.7 Å². The average molecular weight is 365 g/mol. The van der Waals surface area contributed by atoms with Gasteiger partial charge in [-0.3, -0.25) is 9.36 Å². The lowest BCUT2D eigenvalue weighted by atomic mass is 10.2. The SMILES string of the molecule is CCOC(=O)c1c(C)oc2ncn(Cc3c(F)cccc3Cl)c(=O)c12. The second kappa shape index (κ2) is 6.68. The van der Waals surface area contributed by atoms with Gasteiger partial charge in [0.05, 0.1) is 13.2 Å². The van der Waals surface area contributed by atoms with Crippen molar-refractivity contribution in [3.05, 3.63) is 62.6 Å². The molecular formula is C17H14ClFN2O4. The maximum Gasteiger partial charge on any atom is 0.342 e. The van der Waals surface area contributed by atoms with Gasteiger partial charge in [0.15, 0.2) is 0 Å². The summed E-state index contributed by atoms with van der Waals surface area (Å²) in [6.07, 6.45) is 1.23. The van der Waals surface area contributed by atoms with E-state index in [4.69, 9.17) is 20.8 Å².